The van der Waals surface area contributed by atoms with Gasteiger partial charge in [-0.2, -0.15) is 5.26 Å². The number of carbonyl (C=O) groups is 2. The zero-order valence-corrected chi connectivity index (χ0v) is 14.8. The molecule has 0 aliphatic carbocycles. The SMILES string of the molecule is COc1cc(N)c(Cl)cc1C(=O)O[C@H](C)C(=O)Nc1cccc(C#N)c1. The number of amides is 1. The number of rotatable bonds is 5. The Kier molecular flexibility index (Phi) is 6.04. The number of carbonyl (C=O) groups excluding carboxylic acids is 2. The molecule has 1 atom stereocenters. The van der Waals surface area contributed by atoms with E-state index in [1.54, 1.807) is 18.2 Å². The van der Waals surface area contributed by atoms with Crippen LogP contribution in [0.1, 0.15) is 22.8 Å². The fourth-order valence-electron chi connectivity index (χ4n) is 2.09. The quantitative estimate of drug-likeness (QED) is 0.615. The van der Waals surface area contributed by atoms with Crippen LogP contribution in [0.3, 0.4) is 0 Å². The van der Waals surface area contributed by atoms with Crippen molar-refractivity contribution < 1.29 is 19.1 Å². The molecule has 0 aliphatic heterocycles. The normalized spacial score (nSPS) is 11.2. The monoisotopic (exact) mass is 373 g/mol. The summed E-state index contributed by atoms with van der Waals surface area (Å²) in [6.45, 7) is 1.42. The molecule has 0 spiro atoms. The number of anilines is 2. The van der Waals surface area contributed by atoms with E-state index >= 15 is 0 Å². The van der Waals surface area contributed by atoms with Gasteiger partial charge >= 0.3 is 5.97 Å². The van der Waals surface area contributed by atoms with Gasteiger partial charge in [0.1, 0.15) is 11.3 Å². The van der Waals surface area contributed by atoms with Crippen LogP contribution >= 0.6 is 11.6 Å². The number of benzene rings is 2. The highest BCUT2D eigenvalue weighted by atomic mass is 35.5. The molecule has 1 amide bonds. The van der Waals surface area contributed by atoms with Gasteiger partial charge in [0.2, 0.25) is 0 Å². The van der Waals surface area contributed by atoms with E-state index in [1.807, 2.05) is 6.07 Å². The highest BCUT2D eigenvalue weighted by molar-refractivity contribution is 6.33. The number of nitriles is 1. The zero-order chi connectivity index (χ0) is 19.3. The molecule has 7 nitrogen and oxygen atoms in total. The number of esters is 1. The van der Waals surface area contributed by atoms with Crippen LogP contribution in [-0.2, 0) is 9.53 Å². The summed E-state index contributed by atoms with van der Waals surface area (Å²) in [4.78, 5) is 24.5. The Balaban J connectivity index is 2.10. The van der Waals surface area contributed by atoms with E-state index in [0.29, 0.717) is 11.3 Å². The summed E-state index contributed by atoms with van der Waals surface area (Å²) in [6, 6.07) is 11.1. The van der Waals surface area contributed by atoms with Crippen molar-refractivity contribution in [3.8, 4) is 11.8 Å². The van der Waals surface area contributed by atoms with Gasteiger partial charge in [-0.3, -0.25) is 4.79 Å². The number of ether oxygens (including phenoxy) is 2. The lowest BCUT2D eigenvalue weighted by Crippen LogP contribution is -2.30. The minimum Gasteiger partial charge on any atom is -0.496 e. The summed E-state index contributed by atoms with van der Waals surface area (Å²) >= 11 is 5.93. The molecule has 2 rings (SSSR count). The Hall–Kier alpha value is -3.24. The van der Waals surface area contributed by atoms with Gasteiger partial charge in [0.25, 0.3) is 5.91 Å². The Morgan fingerprint density at radius 1 is 1.31 bits per heavy atom. The number of nitrogens with zero attached hydrogens (tertiary/aromatic N) is 1. The number of halogens is 1. The van der Waals surface area contributed by atoms with E-state index in [4.69, 9.17) is 32.1 Å². The van der Waals surface area contributed by atoms with Crippen molar-refractivity contribution in [1.82, 2.24) is 0 Å². The average Bonchev–Trinajstić information content (AvgIpc) is 2.63. The number of nitrogens with one attached hydrogen (secondary N) is 1. The summed E-state index contributed by atoms with van der Waals surface area (Å²) in [5.41, 5.74) is 6.80. The molecule has 0 aliphatic rings. The Bertz CT molecular complexity index is 892. The highest BCUT2D eigenvalue weighted by Gasteiger charge is 2.22. The Morgan fingerprint density at radius 2 is 2.04 bits per heavy atom. The van der Waals surface area contributed by atoms with Crippen LogP contribution < -0.4 is 15.8 Å². The van der Waals surface area contributed by atoms with Crippen LogP contribution in [0.5, 0.6) is 5.75 Å². The summed E-state index contributed by atoms with van der Waals surface area (Å²) < 4.78 is 10.3. The van der Waals surface area contributed by atoms with Gasteiger partial charge in [0.05, 0.1) is 29.5 Å². The molecule has 0 radical (unpaired) electrons. The van der Waals surface area contributed by atoms with Crippen LogP contribution in [0.4, 0.5) is 11.4 Å². The van der Waals surface area contributed by atoms with E-state index in [9.17, 15) is 9.59 Å². The van der Waals surface area contributed by atoms with E-state index in [2.05, 4.69) is 5.32 Å². The van der Waals surface area contributed by atoms with Gasteiger partial charge < -0.3 is 20.5 Å². The predicted octanol–water partition coefficient (Wildman–Crippen LogP) is 2.99. The Morgan fingerprint density at radius 3 is 2.69 bits per heavy atom. The molecule has 2 aromatic rings. The van der Waals surface area contributed by atoms with Crippen molar-refractivity contribution in [3.63, 3.8) is 0 Å². The highest BCUT2D eigenvalue weighted by Crippen LogP contribution is 2.29. The molecule has 0 saturated heterocycles. The van der Waals surface area contributed by atoms with E-state index in [-0.39, 0.29) is 22.0 Å². The minimum absolute atomic E-state index is 0.0535. The zero-order valence-electron chi connectivity index (χ0n) is 14.1. The van der Waals surface area contributed by atoms with Crippen molar-refractivity contribution in [3.05, 3.63) is 52.5 Å². The van der Waals surface area contributed by atoms with Gasteiger partial charge in [-0.15, -0.1) is 0 Å². The molecule has 0 fully saturated rings. The lowest BCUT2D eigenvalue weighted by molar-refractivity contribution is -0.123. The van der Waals surface area contributed by atoms with Gasteiger partial charge in [0, 0.05) is 11.8 Å². The molecule has 26 heavy (non-hydrogen) atoms. The minimum atomic E-state index is -1.09. The fraction of sp³-hybridized carbons (Fsp3) is 0.167. The maximum absolute atomic E-state index is 12.3. The van der Waals surface area contributed by atoms with Crippen molar-refractivity contribution in [2.24, 2.45) is 0 Å². The molecule has 0 bridgehead atoms. The number of hydrogen-bond donors (Lipinski definition) is 2. The average molecular weight is 374 g/mol. The third-order valence-electron chi connectivity index (χ3n) is 3.45. The fourth-order valence-corrected chi connectivity index (χ4v) is 2.25. The smallest absolute Gasteiger partial charge is 0.342 e. The summed E-state index contributed by atoms with van der Waals surface area (Å²) in [5.74, 6) is -1.14. The maximum atomic E-state index is 12.3. The molecule has 0 unspecified atom stereocenters. The van der Waals surface area contributed by atoms with Crippen molar-refractivity contribution in [2.75, 3.05) is 18.2 Å². The van der Waals surface area contributed by atoms with E-state index < -0.39 is 18.0 Å². The molecular weight excluding hydrogens is 358 g/mol. The van der Waals surface area contributed by atoms with Crippen LogP contribution in [0.15, 0.2) is 36.4 Å². The molecule has 0 saturated carbocycles. The summed E-state index contributed by atoms with van der Waals surface area (Å²) in [7, 11) is 1.37. The molecular formula is C18H16ClN3O4. The van der Waals surface area contributed by atoms with Crippen molar-refractivity contribution >= 4 is 34.9 Å². The van der Waals surface area contributed by atoms with Gasteiger partial charge in [-0.1, -0.05) is 17.7 Å². The van der Waals surface area contributed by atoms with Crippen LogP contribution in [0, 0.1) is 11.3 Å². The standard InChI is InChI=1S/C18H16ClN3O4/c1-10(17(23)22-12-5-3-4-11(6-12)9-20)26-18(24)13-7-14(19)15(21)8-16(13)25-2/h3-8,10H,21H2,1-2H3,(H,22,23)/t10-/m1/s1. The molecule has 3 N–H and O–H groups in total. The number of nitrogens with two attached hydrogens (primary N) is 1. The maximum Gasteiger partial charge on any atom is 0.342 e. The molecule has 2 aromatic carbocycles. The lowest BCUT2D eigenvalue weighted by atomic mass is 10.1. The van der Waals surface area contributed by atoms with E-state index in [0.717, 1.165) is 0 Å². The second kappa shape index (κ2) is 8.23. The number of methoxy groups -OCH3 is 1. The van der Waals surface area contributed by atoms with E-state index in [1.165, 1.54) is 32.2 Å². The van der Waals surface area contributed by atoms with Gasteiger partial charge in [-0.25, -0.2) is 4.79 Å². The van der Waals surface area contributed by atoms with Crippen molar-refractivity contribution in [1.29, 1.82) is 5.26 Å². The molecule has 0 heterocycles. The largest absolute Gasteiger partial charge is 0.496 e. The van der Waals surface area contributed by atoms with Gasteiger partial charge in [0.15, 0.2) is 6.10 Å². The first-order chi connectivity index (χ1) is 12.3. The van der Waals surface area contributed by atoms with Crippen LogP contribution in [0.2, 0.25) is 5.02 Å². The third kappa shape index (κ3) is 4.43. The van der Waals surface area contributed by atoms with Crippen LogP contribution in [0.25, 0.3) is 0 Å². The predicted molar refractivity (Wildman–Crippen MR) is 97.1 cm³/mol. The Labute approximate surface area is 155 Å². The lowest BCUT2D eigenvalue weighted by Gasteiger charge is -2.15. The number of hydrogen-bond acceptors (Lipinski definition) is 6. The number of nitrogen functional groups attached to an aromatic ring is 1. The van der Waals surface area contributed by atoms with Crippen molar-refractivity contribution in [2.45, 2.75) is 13.0 Å². The molecule has 8 heteroatoms. The topological polar surface area (TPSA) is 114 Å². The second-order valence-electron chi connectivity index (χ2n) is 5.30. The second-order valence-corrected chi connectivity index (χ2v) is 5.71. The first-order valence-corrected chi connectivity index (χ1v) is 7.88. The first-order valence-electron chi connectivity index (χ1n) is 7.50. The first kappa shape index (κ1) is 19.1. The third-order valence-corrected chi connectivity index (χ3v) is 3.78. The summed E-state index contributed by atoms with van der Waals surface area (Å²) in [6.07, 6.45) is -1.09. The molecule has 134 valence electrons. The van der Waals surface area contributed by atoms with Crippen LogP contribution in [-0.4, -0.2) is 25.1 Å². The van der Waals surface area contributed by atoms with Gasteiger partial charge in [-0.05, 0) is 31.2 Å². The molecule has 0 aromatic heterocycles. The summed E-state index contributed by atoms with van der Waals surface area (Å²) in [5, 5.41) is 11.6.